The molecule has 0 saturated carbocycles. The third kappa shape index (κ3) is 3.25. The standard InChI is InChI=1S/C38H19N3O2/c39-20-22-12-14-34-27(16-22)29-18-30-28-17-23(13-15-35(28)43-37(30)19-36(29)42-34)38-24(21-40)6-5-11-33(38)41-31-9-3-1-7-25(31)26-8-2-4-10-32(26)41/h1-19H. The maximum absolute atomic E-state index is 10.3. The van der Waals surface area contributed by atoms with Gasteiger partial charge in [0.2, 0.25) is 0 Å². The van der Waals surface area contributed by atoms with Crippen molar-refractivity contribution in [2.24, 2.45) is 0 Å². The molecule has 0 atom stereocenters. The number of para-hydroxylation sites is 2. The molecular formula is C38H19N3O2. The van der Waals surface area contributed by atoms with Gasteiger partial charge in [-0.25, -0.2) is 0 Å². The van der Waals surface area contributed by atoms with E-state index in [2.05, 4.69) is 83.4 Å². The first kappa shape index (κ1) is 23.4. The number of hydrogen-bond acceptors (Lipinski definition) is 4. The number of nitriles is 2. The van der Waals surface area contributed by atoms with Crippen LogP contribution >= 0.6 is 0 Å². The van der Waals surface area contributed by atoms with Crippen LogP contribution in [-0.4, -0.2) is 4.57 Å². The lowest BCUT2D eigenvalue weighted by atomic mass is 9.96. The molecule has 3 heterocycles. The van der Waals surface area contributed by atoms with Crippen LogP contribution < -0.4 is 0 Å². The topological polar surface area (TPSA) is 78.8 Å². The number of fused-ring (bicyclic) bond motifs is 9. The Balaban J connectivity index is 1.34. The van der Waals surface area contributed by atoms with Gasteiger partial charge in [0.15, 0.2) is 0 Å². The highest BCUT2D eigenvalue weighted by atomic mass is 16.3. The Morgan fingerprint density at radius 2 is 1.12 bits per heavy atom. The zero-order valence-electron chi connectivity index (χ0n) is 22.6. The molecule has 0 bridgehead atoms. The first-order valence-corrected chi connectivity index (χ1v) is 14.0. The van der Waals surface area contributed by atoms with Gasteiger partial charge in [-0.1, -0.05) is 48.5 Å². The largest absolute Gasteiger partial charge is 0.456 e. The Labute approximate surface area is 244 Å². The molecule has 5 heteroatoms. The normalized spacial score (nSPS) is 11.7. The molecule has 0 aliphatic rings. The summed E-state index contributed by atoms with van der Waals surface area (Å²) in [5.74, 6) is 0. The van der Waals surface area contributed by atoms with E-state index in [1.165, 1.54) is 10.8 Å². The van der Waals surface area contributed by atoms with Crippen molar-refractivity contribution in [3.8, 4) is 29.0 Å². The molecule has 3 aromatic heterocycles. The van der Waals surface area contributed by atoms with Gasteiger partial charge in [-0.3, -0.25) is 0 Å². The summed E-state index contributed by atoms with van der Waals surface area (Å²) in [5.41, 5.74) is 8.98. The zero-order valence-corrected chi connectivity index (χ0v) is 22.6. The lowest BCUT2D eigenvalue weighted by Crippen LogP contribution is -1.99. The number of hydrogen-bond donors (Lipinski definition) is 0. The highest BCUT2D eigenvalue weighted by molar-refractivity contribution is 6.16. The third-order valence-corrected chi connectivity index (χ3v) is 8.46. The molecule has 0 unspecified atom stereocenters. The second-order valence-electron chi connectivity index (χ2n) is 10.8. The molecule has 0 radical (unpaired) electrons. The van der Waals surface area contributed by atoms with Crippen LogP contribution in [0.4, 0.5) is 0 Å². The Morgan fingerprint density at radius 3 is 1.79 bits per heavy atom. The molecule has 9 rings (SSSR count). The number of aromatic nitrogens is 1. The second-order valence-corrected chi connectivity index (χ2v) is 10.8. The number of nitrogens with zero attached hydrogens (tertiary/aromatic N) is 3. The van der Waals surface area contributed by atoms with Gasteiger partial charge < -0.3 is 13.4 Å². The van der Waals surface area contributed by atoms with E-state index in [-0.39, 0.29) is 0 Å². The van der Waals surface area contributed by atoms with E-state index in [9.17, 15) is 10.5 Å². The molecule has 0 aliphatic carbocycles. The number of rotatable bonds is 2. The summed E-state index contributed by atoms with van der Waals surface area (Å²) in [7, 11) is 0. The second kappa shape index (κ2) is 8.60. The van der Waals surface area contributed by atoms with Crippen LogP contribution in [0.1, 0.15) is 11.1 Å². The van der Waals surface area contributed by atoms with Gasteiger partial charge in [-0.05, 0) is 66.2 Å². The third-order valence-electron chi connectivity index (χ3n) is 8.46. The highest BCUT2D eigenvalue weighted by Crippen LogP contribution is 2.41. The van der Waals surface area contributed by atoms with Gasteiger partial charge in [-0.15, -0.1) is 0 Å². The molecule has 0 fully saturated rings. The monoisotopic (exact) mass is 549 g/mol. The van der Waals surface area contributed by atoms with Crippen LogP contribution in [0.25, 0.3) is 82.5 Å². The molecule has 198 valence electrons. The van der Waals surface area contributed by atoms with Gasteiger partial charge in [-0.2, -0.15) is 10.5 Å². The Hall–Kier alpha value is -6.30. The summed E-state index contributed by atoms with van der Waals surface area (Å²) in [6.45, 7) is 0. The Morgan fingerprint density at radius 1 is 0.488 bits per heavy atom. The van der Waals surface area contributed by atoms with Crippen molar-refractivity contribution in [2.45, 2.75) is 0 Å². The Kier molecular flexibility index (Phi) is 4.68. The molecule has 0 spiro atoms. The van der Waals surface area contributed by atoms with Crippen LogP contribution in [0.3, 0.4) is 0 Å². The highest BCUT2D eigenvalue weighted by Gasteiger charge is 2.20. The van der Waals surface area contributed by atoms with Gasteiger partial charge >= 0.3 is 0 Å². The molecule has 43 heavy (non-hydrogen) atoms. The molecule has 5 nitrogen and oxygen atoms in total. The minimum Gasteiger partial charge on any atom is -0.456 e. The van der Waals surface area contributed by atoms with Gasteiger partial charge in [0.05, 0.1) is 40.0 Å². The molecule has 6 aromatic carbocycles. The van der Waals surface area contributed by atoms with Crippen molar-refractivity contribution >= 4 is 65.7 Å². The van der Waals surface area contributed by atoms with E-state index in [1.807, 2.05) is 42.5 Å². The van der Waals surface area contributed by atoms with Gasteiger partial charge in [0, 0.05) is 43.9 Å². The maximum atomic E-state index is 10.3. The average Bonchev–Trinajstić information content (AvgIpc) is 3.71. The molecule has 9 aromatic rings. The van der Waals surface area contributed by atoms with E-state index >= 15 is 0 Å². The van der Waals surface area contributed by atoms with Crippen LogP contribution in [0.15, 0.2) is 124 Å². The molecule has 0 amide bonds. The predicted octanol–water partition coefficient (Wildman–Crippen LogP) is 9.99. The van der Waals surface area contributed by atoms with Crippen molar-refractivity contribution in [3.63, 3.8) is 0 Å². The average molecular weight is 550 g/mol. The van der Waals surface area contributed by atoms with Crippen LogP contribution in [0.2, 0.25) is 0 Å². The van der Waals surface area contributed by atoms with E-state index < -0.39 is 0 Å². The zero-order chi connectivity index (χ0) is 28.7. The summed E-state index contributed by atoms with van der Waals surface area (Å²) in [4.78, 5) is 0. The first-order chi connectivity index (χ1) is 21.2. The van der Waals surface area contributed by atoms with Crippen molar-refractivity contribution in [3.05, 3.63) is 126 Å². The number of furan rings is 2. The maximum Gasteiger partial charge on any atom is 0.139 e. The summed E-state index contributed by atoms with van der Waals surface area (Å²) in [5, 5.41) is 25.8. The fourth-order valence-corrected chi connectivity index (χ4v) is 6.58. The SMILES string of the molecule is N#Cc1ccc2oc3cc4oc5ccc(-c6c(C#N)cccc6-n6c7ccccc7c7ccccc76)cc5c4cc3c2c1. The summed E-state index contributed by atoms with van der Waals surface area (Å²) >= 11 is 0. The smallest absolute Gasteiger partial charge is 0.139 e. The predicted molar refractivity (Wildman–Crippen MR) is 170 cm³/mol. The lowest BCUT2D eigenvalue weighted by molar-refractivity contribution is 0.656. The summed E-state index contributed by atoms with van der Waals surface area (Å²) < 4.78 is 14.6. The molecule has 0 N–H and O–H groups in total. The van der Waals surface area contributed by atoms with Crippen LogP contribution in [0.5, 0.6) is 0 Å². The van der Waals surface area contributed by atoms with E-state index in [0.29, 0.717) is 16.7 Å². The molecular weight excluding hydrogens is 530 g/mol. The van der Waals surface area contributed by atoms with Crippen LogP contribution in [-0.2, 0) is 0 Å². The number of benzene rings is 6. The van der Waals surface area contributed by atoms with Gasteiger partial charge in [0.1, 0.15) is 22.3 Å². The molecule has 0 aliphatic heterocycles. The van der Waals surface area contributed by atoms with Crippen LogP contribution in [0, 0.1) is 22.7 Å². The Bertz CT molecular complexity index is 2650. The van der Waals surface area contributed by atoms with Crippen molar-refractivity contribution in [1.29, 1.82) is 10.5 Å². The quantitative estimate of drug-likeness (QED) is 0.215. The minimum absolute atomic E-state index is 0.584. The fraction of sp³-hybridized carbons (Fsp3) is 0. The van der Waals surface area contributed by atoms with Crippen molar-refractivity contribution < 1.29 is 8.83 Å². The summed E-state index contributed by atoms with van der Waals surface area (Å²) in [6.07, 6.45) is 0. The summed E-state index contributed by atoms with van der Waals surface area (Å²) in [6, 6.07) is 42.9. The van der Waals surface area contributed by atoms with Crippen molar-refractivity contribution in [2.75, 3.05) is 0 Å². The van der Waals surface area contributed by atoms with Gasteiger partial charge in [0.25, 0.3) is 0 Å². The first-order valence-electron chi connectivity index (χ1n) is 14.0. The van der Waals surface area contributed by atoms with E-state index in [4.69, 9.17) is 8.83 Å². The minimum atomic E-state index is 0.584. The van der Waals surface area contributed by atoms with E-state index in [0.717, 1.165) is 66.1 Å². The fourth-order valence-electron chi connectivity index (χ4n) is 6.58. The van der Waals surface area contributed by atoms with E-state index in [1.54, 1.807) is 6.07 Å². The molecule has 0 saturated heterocycles. The van der Waals surface area contributed by atoms with Crippen molar-refractivity contribution in [1.82, 2.24) is 4.57 Å². The lowest BCUT2D eigenvalue weighted by Gasteiger charge is -2.15.